The van der Waals surface area contributed by atoms with Gasteiger partial charge in [0.15, 0.2) is 11.5 Å². The van der Waals surface area contributed by atoms with Crippen LogP contribution in [0, 0.1) is 0 Å². The van der Waals surface area contributed by atoms with Gasteiger partial charge in [0.25, 0.3) is 0 Å². The van der Waals surface area contributed by atoms with Gasteiger partial charge in [-0.3, -0.25) is 0 Å². The second-order valence-corrected chi connectivity index (χ2v) is 6.24. The first-order valence-corrected chi connectivity index (χ1v) is 8.00. The van der Waals surface area contributed by atoms with Gasteiger partial charge in [0.1, 0.15) is 6.10 Å². The van der Waals surface area contributed by atoms with E-state index in [1.807, 2.05) is 6.07 Å². The van der Waals surface area contributed by atoms with Crippen LogP contribution >= 0.6 is 0 Å². The van der Waals surface area contributed by atoms with Crippen LogP contribution in [0.4, 0.5) is 0 Å². The number of nitrogens with one attached hydrogen (secondary N) is 1. The molecular formula is C17H26N2O2. The third kappa shape index (κ3) is 3.50. The van der Waals surface area contributed by atoms with Crippen LogP contribution in [0.15, 0.2) is 18.2 Å². The molecule has 1 N–H and O–H groups in total. The highest BCUT2D eigenvalue weighted by Crippen LogP contribution is 2.34. The lowest BCUT2D eigenvalue weighted by Gasteiger charge is -2.19. The number of likely N-dealkylation sites (N-methyl/N-ethyl adjacent to an activating group) is 1. The fourth-order valence-electron chi connectivity index (χ4n) is 3.41. The number of likely N-dealkylation sites (tertiary alicyclic amines) is 1. The average Bonchev–Trinajstić information content (AvgIpc) is 3.11. The van der Waals surface area contributed by atoms with E-state index in [4.69, 9.17) is 9.47 Å². The Hall–Kier alpha value is -1.26. The van der Waals surface area contributed by atoms with Crippen LogP contribution in [0.3, 0.4) is 0 Å². The summed E-state index contributed by atoms with van der Waals surface area (Å²) in [6, 6.07) is 6.85. The molecule has 2 aliphatic rings. The quantitative estimate of drug-likeness (QED) is 0.900. The summed E-state index contributed by atoms with van der Waals surface area (Å²) < 4.78 is 11.8. The van der Waals surface area contributed by atoms with Crippen molar-refractivity contribution in [3.63, 3.8) is 0 Å². The van der Waals surface area contributed by atoms with E-state index in [0.717, 1.165) is 44.0 Å². The minimum atomic E-state index is 0.281. The number of ether oxygens (including phenoxy) is 2. The number of hydrogen-bond donors (Lipinski definition) is 1. The summed E-state index contributed by atoms with van der Waals surface area (Å²) in [7, 11) is 3.89. The van der Waals surface area contributed by atoms with Crippen molar-refractivity contribution in [2.45, 2.75) is 37.8 Å². The first-order valence-electron chi connectivity index (χ1n) is 8.00. The smallest absolute Gasteiger partial charge is 0.163 e. The number of methoxy groups -OCH3 is 1. The summed E-state index contributed by atoms with van der Waals surface area (Å²) in [5, 5.41) is 3.55. The number of rotatable bonds is 5. The van der Waals surface area contributed by atoms with Crippen molar-refractivity contribution in [2.24, 2.45) is 0 Å². The van der Waals surface area contributed by atoms with Crippen LogP contribution in [0.5, 0.6) is 11.5 Å². The maximum atomic E-state index is 6.19. The minimum Gasteiger partial charge on any atom is -0.493 e. The summed E-state index contributed by atoms with van der Waals surface area (Å²) in [6.45, 7) is 3.24. The topological polar surface area (TPSA) is 33.7 Å². The Kier molecular flexibility index (Phi) is 4.66. The van der Waals surface area contributed by atoms with Crippen molar-refractivity contribution in [1.29, 1.82) is 0 Å². The van der Waals surface area contributed by atoms with Gasteiger partial charge in [-0.2, -0.15) is 0 Å². The Balaban J connectivity index is 1.73. The Bertz CT molecular complexity index is 472. The van der Waals surface area contributed by atoms with E-state index in [1.54, 1.807) is 7.11 Å². The van der Waals surface area contributed by atoms with Gasteiger partial charge < -0.3 is 19.7 Å². The van der Waals surface area contributed by atoms with Crippen molar-refractivity contribution >= 4 is 0 Å². The van der Waals surface area contributed by atoms with Crippen molar-refractivity contribution < 1.29 is 9.47 Å². The molecule has 4 nitrogen and oxygen atoms in total. The molecule has 0 aromatic heterocycles. The molecular weight excluding hydrogens is 264 g/mol. The van der Waals surface area contributed by atoms with E-state index in [-0.39, 0.29) is 6.10 Å². The van der Waals surface area contributed by atoms with E-state index in [1.165, 1.54) is 18.4 Å². The Morgan fingerprint density at radius 3 is 2.90 bits per heavy atom. The zero-order valence-corrected chi connectivity index (χ0v) is 13.1. The molecule has 2 heterocycles. The summed E-state index contributed by atoms with van der Waals surface area (Å²) in [4.78, 5) is 2.31. The van der Waals surface area contributed by atoms with Gasteiger partial charge >= 0.3 is 0 Å². The van der Waals surface area contributed by atoms with E-state index in [9.17, 15) is 0 Å². The highest BCUT2D eigenvalue weighted by molar-refractivity contribution is 5.47. The summed E-state index contributed by atoms with van der Waals surface area (Å²) >= 11 is 0. The van der Waals surface area contributed by atoms with E-state index >= 15 is 0 Å². The zero-order valence-electron chi connectivity index (χ0n) is 13.1. The second kappa shape index (κ2) is 6.67. The molecule has 0 saturated carbocycles. The number of hydrogen-bond acceptors (Lipinski definition) is 4. The van der Waals surface area contributed by atoms with Gasteiger partial charge in [0, 0.05) is 19.1 Å². The molecule has 0 aliphatic carbocycles. The number of benzene rings is 1. The molecule has 2 aliphatic heterocycles. The predicted octanol–water partition coefficient (Wildman–Crippen LogP) is 2.07. The SMILES string of the molecule is COc1c(CC2CCCN2)cccc1OC1CCN(C)C1. The molecule has 1 aromatic rings. The van der Waals surface area contributed by atoms with Crippen molar-refractivity contribution in [3.05, 3.63) is 23.8 Å². The van der Waals surface area contributed by atoms with Gasteiger partial charge in [-0.15, -0.1) is 0 Å². The molecule has 0 amide bonds. The number of nitrogens with zero attached hydrogens (tertiary/aromatic N) is 1. The molecule has 2 atom stereocenters. The third-order valence-corrected chi connectivity index (χ3v) is 4.54. The van der Waals surface area contributed by atoms with Crippen LogP contribution in [0.25, 0.3) is 0 Å². The number of para-hydroxylation sites is 1. The molecule has 3 rings (SSSR count). The molecule has 21 heavy (non-hydrogen) atoms. The zero-order chi connectivity index (χ0) is 14.7. The summed E-state index contributed by atoms with van der Waals surface area (Å²) in [5.41, 5.74) is 1.25. The van der Waals surface area contributed by atoms with Gasteiger partial charge in [-0.1, -0.05) is 12.1 Å². The molecule has 0 radical (unpaired) electrons. The maximum absolute atomic E-state index is 6.19. The maximum Gasteiger partial charge on any atom is 0.163 e. The third-order valence-electron chi connectivity index (χ3n) is 4.54. The van der Waals surface area contributed by atoms with Crippen molar-refractivity contribution in [3.8, 4) is 11.5 Å². The summed E-state index contributed by atoms with van der Waals surface area (Å²) in [5.74, 6) is 1.81. The molecule has 0 spiro atoms. The standard InChI is InChI=1S/C17H26N2O2/c1-19-10-8-15(12-19)21-16-7-3-5-13(17(16)20-2)11-14-6-4-9-18-14/h3,5,7,14-15,18H,4,6,8-12H2,1-2H3. The molecule has 4 heteroatoms. The highest BCUT2D eigenvalue weighted by Gasteiger charge is 2.24. The largest absolute Gasteiger partial charge is 0.493 e. The Labute approximate surface area is 127 Å². The average molecular weight is 290 g/mol. The van der Waals surface area contributed by atoms with E-state index < -0.39 is 0 Å². The highest BCUT2D eigenvalue weighted by atomic mass is 16.5. The molecule has 2 saturated heterocycles. The van der Waals surface area contributed by atoms with E-state index in [0.29, 0.717) is 6.04 Å². The lowest BCUT2D eigenvalue weighted by atomic mass is 10.0. The van der Waals surface area contributed by atoms with Gasteiger partial charge in [-0.25, -0.2) is 0 Å². The Morgan fingerprint density at radius 2 is 2.24 bits per heavy atom. The Morgan fingerprint density at radius 1 is 1.33 bits per heavy atom. The van der Waals surface area contributed by atoms with Crippen LogP contribution in [-0.4, -0.2) is 50.8 Å². The van der Waals surface area contributed by atoms with Crippen LogP contribution in [-0.2, 0) is 6.42 Å². The molecule has 116 valence electrons. The molecule has 0 bridgehead atoms. The van der Waals surface area contributed by atoms with Crippen LogP contribution in [0.1, 0.15) is 24.8 Å². The van der Waals surface area contributed by atoms with Gasteiger partial charge in [0.2, 0.25) is 0 Å². The molecule has 1 aromatic carbocycles. The minimum absolute atomic E-state index is 0.281. The van der Waals surface area contributed by atoms with Crippen LogP contribution in [0.2, 0.25) is 0 Å². The first kappa shape index (κ1) is 14.7. The van der Waals surface area contributed by atoms with Gasteiger partial charge in [0.05, 0.1) is 7.11 Å². The summed E-state index contributed by atoms with van der Waals surface area (Å²) in [6.07, 6.45) is 4.92. The first-order chi connectivity index (χ1) is 10.3. The second-order valence-electron chi connectivity index (χ2n) is 6.24. The normalized spacial score (nSPS) is 26.2. The fourth-order valence-corrected chi connectivity index (χ4v) is 3.41. The van der Waals surface area contributed by atoms with Crippen molar-refractivity contribution in [1.82, 2.24) is 10.2 Å². The predicted molar refractivity (Wildman–Crippen MR) is 84.3 cm³/mol. The lowest BCUT2D eigenvalue weighted by Crippen LogP contribution is -2.24. The van der Waals surface area contributed by atoms with Crippen molar-refractivity contribution in [2.75, 3.05) is 33.8 Å². The van der Waals surface area contributed by atoms with E-state index in [2.05, 4.69) is 29.4 Å². The molecule has 2 fully saturated rings. The molecule has 2 unspecified atom stereocenters. The fraction of sp³-hybridized carbons (Fsp3) is 0.647. The lowest BCUT2D eigenvalue weighted by molar-refractivity contribution is 0.199. The monoisotopic (exact) mass is 290 g/mol. The van der Waals surface area contributed by atoms with Gasteiger partial charge in [-0.05, 0) is 50.9 Å². The van der Waals surface area contributed by atoms with Crippen LogP contribution < -0.4 is 14.8 Å².